The van der Waals surface area contributed by atoms with Crippen LogP contribution in [0.15, 0.2) is 28.6 Å². The summed E-state index contributed by atoms with van der Waals surface area (Å²) >= 11 is 2.81. The molecule has 2 N–H and O–H groups in total. The predicted molar refractivity (Wildman–Crippen MR) is 104 cm³/mol. The van der Waals surface area contributed by atoms with Gasteiger partial charge < -0.3 is 15.0 Å². The number of hydrogen-bond donors (Lipinski definition) is 2. The number of carbonyl (C=O) groups excluding carboxylic acids is 1. The quantitative estimate of drug-likeness (QED) is 0.686. The Morgan fingerprint density at radius 2 is 2.12 bits per heavy atom. The van der Waals surface area contributed by atoms with E-state index in [0.29, 0.717) is 10.9 Å². The van der Waals surface area contributed by atoms with E-state index in [1.807, 2.05) is 29.3 Å². The maximum atomic E-state index is 12.1. The van der Waals surface area contributed by atoms with Crippen molar-refractivity contribution in [3.05, 3.63) is 24.3 Å². The Morgan fingerprint density at radius 3 is 2.88 bits per heavy atom. The summed E-state index contributed by atoms with van der Waals surface area (Å²) in [5.74, 6) is 1.08. The molecular formula is C16H22N6O2S2. The van der Waals surface area contributed by atoms with Crippen molar-refractivity contribution in [1.29, 1.82) is 0 Å². The third-order valence-corrected chi connectivity index (χ3v) is 5.81. The van der Waals surface area contributed by atoms with Crippen molar-refractivity contribution in [2.45, 2.75) is 4.34 Å². The lowest BCUT2D eigenvalue weighted by Gasteiger charge is -2.32. The second-order valence-corrected chi connectivity index (χ2v) is 8.04. The van der Waals surface area contributed by atoms with Crippen LogP contribution in [0.1, 0.15) is 0 Å². The Bertz CT molecular complexity index is 733. The number of piperazine rings is 1. The van der Waals surface area contributed by atoms with Crippen LogP contribution in [0, 0.1) is 0 Å². The van der Waals surface area contributed by atoms with Gasteiger partial charge in [-0.25, -0.2) is 5.01 Å². The molecule has 1 amide bonds. The molecule has 1 aromatic heterocycles. The first kappa shape index (κ1) is 18.9. The molecule has 1 saturated heterocycles. The number of carbonyl (C=O) groups is 1. The summed E-state index contributed by atoms with van der Waals surface area (Å²) < 4.78 is 5.96. The average molecular weight is 395 g/mol. The number of methoxy groups -OCH3 is 1. The Balaban J connectivity index is 1.45. The maximum Gasteiger partial charge on any atom is 0.244 e. The highest BCUT2D eigenvalue weighted by Crippen LogP contribution is 2.28. The van der Waals surface area contributed by atoms with Crippen LogP contribution < -0.4 is 15.5 Å². The molecule has 0 atom stereocenters. The largest absolute Gasteiger partial charge is 0.497 e. The summed E-state index contributed by atoms with van der Waals surface area (Å²) in [6.45, 7) is 3.62. The first-order valence-corrected chi connectivity index (χ1v) is 10.0. The van der Waals surface area contributed by atoms with Crippen molar-refractivity contribution in [2.75, 3.05) is 51.4 Å². The van der Waals surface area contributed by atoms with Gasteiger partial charge in [0.25, 0.3) is 0 Å². The van der Waals surface area contributed by atoms with Gasteiger partial charge in [-0.05, 0) is 19.2 Å². The maximum absolute atomic E-state index is 12.1. The van der Waals surface area contributed by atoms with Gasteiger partial charge >= 0.3 is 0 Å². The Kier molecular flexibility index (Phi) is 6.67. The normalized spacial score (nSPS) is 15.6. The van der Waals surface area contributed by atoms with Crippen molar-refractivity contribution in [3.8, 4) is 5.75 Å². The molecule has 1 aromatic carbocycles. The van der Waals surface area contributed by atoms with Gasteiger partial charge in [-0.3, -0.25) is 10.2 Å². The molecule has 0 radical (unpaired) electrons. The summed E-state index contributed by atoms with van der Waals surface area (Å²) in [6.07, 6.45) is 0. The van der Waals surface area contributed by atoms with E-state index >= 15 is 0 Å². The first-order valence-electron chi connectivity index (χ1n) is 8.23. The number of aromatic nitrogens is 2. The van der Waals surface area contributed by atoms with Crippen molar-refractivity contribution in [3.63, 3.8) is 0 Å². The van der Waals surface area contributed by atoms with Crippen LogP contribution in [0.2, 0.25) is 0 Å². The topological polar surface area (TPSA) is 82.6 Å². The third kappa shape index (κ3) is 5.56. The van der Waals surface area contributed by atoms with Gasteiger partial charge in [0, 0.05) is 37.9 Å². The highest BCUT2D eigenvalue weighted by molar-refractivity contribution is 8.01. The van der Waals surface area contributed by atoms with Gasteiger partial charge in [0.1, 0.15) is 5.75 Å². The molecule has 140 valence electrons. The molecule has 26 heavy (non-hydrogen) atoms. The monoisotopic (exact) mass is 394 g/mol. The van der Waals surface area contributed by atoms with Gasteiger partial charge in [-0.15, -0.1) is 10.2 Å². The summed E-state index contributed by atoms with van der Waals surface area (Å²) in [7, 11) is 3.72. The summed E-state index contributed by atoms with van der Waals surface area (Å²) in [5, 5.41) is 14.1. The molecule has 2 aromatic rings. The highest BCUT2D eigenvalue weighted by Gasteiger charge is 2.16. The van der Waals surface area contributed by atoms with Gasteiger partial charge in [0.2, 0.25) is 11.0 Å². The zero-order chi connectivity index (χ0) is 18.4. The van der Waals surface area contributed by atoms with Crippen LogP contribution in [0.25, 0.3) is 0 Å². The minimum Gasteiger partial charge on any atom is -0.497 e. The van der Waals surface area contributed by atoms with Crippen LogP contribution in [0.4, 0.5) is 10.8 Å². The molecule has 0 bridgehead atoms. The molecule has 8 nitrogen and oxygen atoms in total. The summed E-state index contributed by atoms with van der Waals surface area (Å²) in [6, 6.07) is 7.60. The van der Waals surface area contributed by atoms with E-state index < -0.39 is 0 Å². The standard InChI is InChI=1S/C16H22N6O2S2/c1-21-6-8-22(9-7-21)20-14(23)11-25-16-19-18-15(26-16)17-12-4-3-5-13(10-12)24-2/h3-5,10H,6-9,11H2,1-2H3,(H,17,18)(H,20,23). The van der Waals surface area contributed by atoms with Crippen molar-refractivity contribution in [1.82, 2.24) is 25.5 Å². The van der Waals surface area contributed by atoms with Crippen LogP contribution in [0.5, 0.6) is 5.75 Å². The van der Waals surface area contributed by atoms with E-state index in [2.05, 4.69) is 32.9 Å². The fourth-order valence-electron chi connectivity index (χ4n) is 2.40. The molecule has 1 fully saturated rings. The average Bonchev–Trinajstić information content (AvgIpc) is 3.09. The zero-order valence-corrected chi connectivity index (χ0v) is 16.4. The number of hydrazine groups is 1. The molecule has 0 unspecified atom stereocenters. The van der Waals surface area contributed by atoms with E-state index in [1.165, 1.54) is 23.1 Å². The minimum atomic E-state index is -0.0166. The molecule has 10 heteroatoms. The van der Waals surface area contributed by atoms with Gasteiger partial charge in [0.05, 0.1) is 12.9 Å². The molecule has 0 spiro atoms. The number of amides is 1. The SMILES string of the molecule is COc1cccc(Nc2nnc(SCC(=O)NN3CCN(C)CC3)s2)c1. The lowest BCUT2D eigenvalue weighted by atomic mass is 10.3. The van der Waals surface area contributed by atoms with E-state index in [4.69, 9.17) is 4.74 Å². The van der Waals surface area contributed by atoms with E-state index in [1.54, 1.807) is 7.11 Å². The first-order chi connectivity index (χ1) is 12.6. The third-order valence-electron chi connectivity index (χ3n) is 3.84. The predicted octanol–water partition coefficient (Wildman–Crippen LogP) is 1.66. The Morgan fingerprint density at radius 1 is 1.31 bits per heavy atom. The van der Waals surface area contributed by atoms with Crippen molar-refractivity contribution in [2.24, 2.45) is 0 Å². The second kappa shape index (κ2) is 9.17. The highest BCUT2D eigenvalue weighted by atomic mass is 32.2. The molecular weight excluding hydrogens is 372 g/mol. The van der Waals surface area contributed by atoms with Crippen LogP contribution in [0.3, 0.4) is 0 Å². The van der Waals surface area contributed by atoms with Crippen LogP contribution in [-0.4, -0.2) is 72.1 Å². The number of rotatable bonds is 7. The fraction of sp³-hybridized carbons (Fsp3) is 0.438. The lowest BCUT2D eigenvalue weighted by Crippen LogP contribution is -2.52. The number of likely N-dealkylation sites (N-methyl/N-ethyl adjacent to an activating group) is 1. The number of hydrogen-bond acceptors (Lipinski definition) is 9. The number of thioether (sulfide) groups is 1. The minimum absolute atomic E-state index is 0.0166. The van der Waals surface area contributed by atoms with Crippen molar-refractivity contribution >= 4 is 39.8 Å². The second-order valence-electron chi connectivity index (χ2n) is 5.84. The number of ether oxygens (including phenoxy) is 1. The van der Waals surface area contributed by atoms with Gasteiger partial charge in [-0.1, -0.05) is 29.2 Å². The number of nitrogens with one attached hydrogen (secondary N) is 2. The van der Waals surface area contributed by atoms with E-state index in [-0.39, 0.29) is 5.91 Å². The van der Waals surface area contributed by atoms with Crippen molar-refractivity contribution < 1.29 is 9.53 Å². The number of benzene rings is 1. The smallest absolute Gasteiger partial charge is 0.244 e. The van der Waals surface area contributed by atoms with Gasteiger partial charge in [0.15, 0.2) is 4.34 Å². The summed E-state index contributed by atoms with van der Waals surface area (Å²) in [5.41, 5.74) is 3.82. The fourth-order valence-corrected chi connectivity index (χ4v) is 3.96. The Labute approximate surface area is 160 Å². The number of nitrogens with zero attached hydrogens (tertiary/aromatic N) is 4. The molecule has 3 rings (SSSR count). The molecule has 0 aliphatic carbocycles. The lowest BCUT2D eigenvalue weighted by molar-refractivity contribution is -0.124. The van der Waals surface area contributed by atoms with Gasteiger partial charge in [-0.2, -0.15) is 0 Å². The summed E-state index contributed by atoms with van der Waals surface area (Å²) in [4.78, 5) is 14.3. The zero-order valence-electron chi connectivity index (χ0n) is 14.8. The molecule has 1 aliphatic heterocycles. The van der Waals surface area contributed by atoms with E-state index in [0.717, 1.165) is 42.0 Å². The molecule has 2 heterocycles. The molecule has 1 aliphatic rings. The van der Waals surface area contributed by atoms with Crippen LogP contribution >= 0.6 is 23.1 Å². The Hall–Kier alpha value is -1.88. The van der Waals surface area contributed by atoms with E-state index in [9.17, 15) is 4.79 Å². The van der Waals surface area contributed by atoms with Crippen LogP contribution in [-0.2, 0) is 4.79 Å². The number of anilines is 2. The molecule has 0 saturated carbocycles.